The van der Waals surface area contributed by atoms with E-state index in [9.17, 15) is 36.3 Å². The van der Waals surface area contributed by atoms with E-state index in [-0.39, 0.29) is 24.6 Å². The fraction of sp³-hybridized carbons (Fsp3) is 0.444. The second-order valence-electron chi connectivity index (χ2n) is 6.56. The minimum absolute atomic E-state index is 0.209. The maximum atomic E-state index is 13.7. The Morgan fingerprint density at radius 1 is 1.10 bits per heavy atom. The number of halogens is 5. The summed E-state index contributed by atoms with van der Waals surface area (Å²) in [5.41, 5.74) is -0.209. The summed E-state index contributed by atoms with van der Waals surface area (Å²) in [5.74, 6) is -6.87. The number of aliphatic carboxylic acids is 2. The molecule has 0 spiro atoms. The van der Waals surface area contributed by atoms with E-state index in [1.165, 1.54) is 11.8 Å². The van der Waals surface area contributed by atoms with Crippen LogP contribution in [-0.4, -0.2) is 64.2 Å². The van der Waals surface area contributed by atoms with Crippen LogP contribution in [0, 0.1) is 17.6 Å². The average molecular weight is 454 g/mol. The van der Waals surface area contributed by atoms with Gasteiger partial charge < -0.3 is 20.4 Å². The number of rotatable bonds is 4. The summed E-state index contributed by atoms with van der Waals surface area (Å²) < 4.78 is 58.3. The Kier molecular flexibility index (Phi) is 8.88. The number of hydrogen-bond donors (Lipinski definition) is 3. The van der Waals surface area contributed by atoms with Crippen LogP contribution >= 0.6 is 0 Å². The van der Waals surface area contributed by atoms with Crippen LogP contribution < -0.4 is 5.32 Å². The zero-order valence-electron chi connectivity index (χ0n) is 16.1. The van der Waals surface area contributed by atoms with Crippen LogP contribution in [0.2, 0.25) is 0 Å². The van der Waals surface area contributed by atoms with Gasteiger partial charge in [-0.15, -0.1) is 0 Å². The van der Waals surface area contributed by atoms with Gasteiger partial charge in [0.05, 0.1) is 5.56 Å². The molecule has 2 rings (SSSR count). The third kappa shape index (κ3) is 7.83. The van der Waals surface area contributed by atoms with Crippen molar-refractivity contribution in [2.24, 2.45) is 5.92 Å². The van der Waals surface area contributed by atoms with Crippen LogP contribution in [0.3, 0.4) is 0 Å². The summed E-state index contributed by atoms with van der Waals surface area (Å²) in [4.78, 5) is 45.3. The van der Waals surface area contributed by atoms with Crippen molar-refractivity contribution in [3.63, 3.8) is 0 Å². The molecular formula is C18H19F5N2O6. The molecular weight excluding hydrogens is 435 g/mol. The molecule has 0 bridgehead atoms. The molecule has 0 saturated carbocycles. The number of nitrogens with one attached hydrogen (secondary N) is 1. The molecule has 172 valence electrons. The molecule has 0 radical (unpaired) electrons. The van der Waals surface area contributed by atoms with Crippen molar-refractivity contribution in [1.29, 1.82) is 0 Å². The van der Waals surface area contributed by atoms with E-state index in [1.807, 2.05) is 0 Å². The minimum atomic E-state index is -5.08. The van der Waals surface area contributed by atoms with Gasteiger partial charge in [0, 0.05) is 25.1 Å². The van der Waals surface area contributed by atoms with E-state index in [2.05, 4.69) is 5.32 Å². The Morgan fingerprint density at radius 2 is 1.61 bits per heavy atom. The first-order valence-corrected chi connectivity index (χ1v) is 8.81. The van der Waals surface area contributed by atoms with Gasteiger partial charge in [0.15, 0.2) is 0 Å². The molecule has 31 heavy (non-hydrogen) atoms. The fourth-order valence-electron chi connectivity index (χ4n) is 2.57. The molecule has 0 aromatic heterocycles. The van der Waals surface area contributed by atoms with Crippen molar-refractivity contribution in [3.05, 3.63) is 35.4 Å². The Bertz CT molecular complexity index is 837. The summed E-state index contributed by atoms with van der Waals surface area (Å²) in [5, 5.41) is 18.3. The maximum Gasteiger partial charge on any atom is 0.490 e. The standard InChI is InChI=1S/C16H18F2N2O4.C2HF3O2/c1-9(16(23)24)19-14(21)10-4-6-20(7-5-10)15(22)12-3-2-11(17)8-13(12)18;3-2(4,5)1(6)7/h2-3,8-10H,4-7H2,1H3,(H,19,21)(H,23,24);(H,6,7)/t9-;/m1./s1. The molecule has 1 atom stereocenters. The summed E-state index contributed by atoms with van der Waals surface area (Å²) >= 11 is 0. The largest absolute Gasteiger partial charge is 0.490 e. The topological polar surface area (TPSA) is 124 Å². The lowest BCUT2D eigenvalue weighted by Gasteiger charge is -2.31. The number of hydrogen-bond acceptors (Lipinski definition) is 4. The van der Waals surface area contributed by atoms with Crippen molar-refractivity contribution < 1.29 is 51.3 Å². The van der Waals surface area contributed by atoms with Gasteiger partial charge >= 0.3 is 18.1 Å². The van der Waals surface area contributed by atoms with Gasteiger partial charge in [-0.2, -0.15) is 13.2 Å². The van der Waals surface area contributed by atoms with E-state index in [1.54, 1.807) is 0 Å². The molecule has 1 aromatic rings. The van der Waals surface area contributed by atoms with Gasteiger partial charge in [-0.1, -0.05) is 0 Å². The third-order valence-electron chi connectivity index (χ3n) is 4.29. The normalized spacial score (nSPS) is 15.4. The lowest BCUT2D eigenvalue weighted by atomic mass is 9.95. The zero-order valence-corrected chi connectivity index (χ0v) is 16.1. The van der Waals surface area contributed by atoms with Gasteiger partial charge in [0.25, 0.3) is 5.91 Å². The number of carboxylic acid groups (broad SMARTS) is 2. The summed E-state index contributed by atoms with van der Waals surface area (Å²) in [6.07, 6.45) is -4.38. The summed E-state index contributed by atoms with van der Waals surface area (Å²) in [7, 11) is 0. The zero-order chi connectivity index (χ0) is 23.9. The molecule has 1 saturated heterocycles. The lowest BCUT2D eigenvalue weighted by Crippen LogP contribution is -2.46. The second-order valence-corrected chi connectivity index (χ2v) is 6.56. The van der Waals surface area contributed by atoms with Crippen LogP contribution in [-0.2, 0) is 14.4 Å². The van der Waals surface area contributed by atoms with Crippen LogP contribution in [0.5, 0.6) is 0 Å². The van der Waals surface area contributed by atoms with E-state index < -0.39 is 47.6 Å². The highest BCUT2D eigenvalue weighted by Gasteiger charge is 2.38. The first kappa shape index (κ1) is 25.8. The molecule has 1 aromatic carbocycles. The third-order valence-corrected chi connectivity index (χ3v) is 4.29. The van der Waals surface area contributed by atoms with E-state index >= 15 is 0 Å². The highest BCUT2D eigenvalue weighted by atomic mass is 19.4. The molecule has 2 amide bonds. The van der Waals surface area contributed by atoms with Crippen LogP contribution in [0.4, 0.5) is 22.0 Å². The smallest absolute Gasteiger partial charge is 0.480 e. The van der Waals surface area contributed by atoms with Crippen molar-refractivity contribution in [2.75, 3.05) is 13.1 Å². The predicted octanol–water partition coefficient (Wildman–Crippen LogP) is 2.04. The molecule has 0 aliphatic carbocycles. The number of benzene rings is 1. The monoisotopic (exact) mass is 454 g/mol. The second kappa shape index (κ2) is 10.7. The number of amides is 2. The van der Waals surface area contributed by atoms with Gasteiger partial charge in [-0.25, -0.2) is 13.6 Å². The molecule has 1 aliphatic heterocycles. The summed E-state index contributed by atoms with van der Waals surface area (Å²) in [6.45, 7) is 1.86. The van der Waals surface area contributed by atoms with Gasteiger partial charge in [0.1, 0.15) is 17.7 Å². The van der Waals surface area contributed by atoms with Crippen molar-refractivity contribution in [3.8, 4) is 0 Å². The van der Waals surface area contributed by atoms with Crippen molar-refractivity contribution in [1.82, 2.24) is 10.2 Å². The number of carbonyl (C=O) groups is 4. The first-order chi connectivity index (χ1) is 14.2. The highest BCUT2D eigenvalue weighted by molar-refractivity contribution is 5.94. The minimum Gasteiger partial charge on any atom is -0.480 e. The highest BCUT2D eigenvalue weighted by Crippen LogP contribution is 2.21. The van der Waals surface area contributed by atoms with E-state index in [4.69, 9.17) is 15.0 Å². The molecule has 8 nitrogen and oxygen atoms in total. The SMILES string of the molecule is C[C@@H](NC(=O)C1CCN(C(=O)c2ccc(F)cc2F)CC1)C(=O)O.O=C(O)C(F)(F)F. The van der Waals surface area contributed by atoms with Crippen LogP contribution in [0.15, 0.2) is 18.2 Å². The molecule has 13 heteroatoms. The number of nitrogens with zero attached hydrogens (tertiary/aromatic N) is 1. The molecule has 0 unspecified atom stereocenters. The van der Waals surface area contributed by atoms with E-state index in [0.717, 1.165) is 12.1 Å². The van der Waals surface area contributed by atoms with Gasteiger partial charge in [-0.05, 0) is 31.9 Å². The Morgan fingerprint density at radius 3 is 2.03 bits per heavy atom. The Labute approximate surface area is 172 Å². The van der Waals surface area contributed by atoms with Crippen LogP contribution in [0.25, 0.3) is 0 Å². The average Bonchev–Trinajstić information content (AvgIpc) is 2.67. The van der Waals surface area contributed by atoms with Gasteiger partial charge in [-0.3, -0.25) is 14.4 Å². The molecule has 3 N–H and O–H groups in total. The van der Waals surface area contributed by atoms with Gasteiger partial charge in [0.2, 0.25) is 5.91 Å². The van der Waals surface area contributed by atoms with Crippen LogP contribution in [0.1, 0.15) is 30.1 Å². The maximum absolute atomic E-state index is 13.7. The summed E-state index contributed by atoms with van der Waals surface area (Å²) in [6, 6.07) is 1.79. The number of likely N-dealkylation sites (tertiary alicyclic amines) is 1. The van der Waals surface area contributed by atoms with E-state index in [0.29, 0.717) is 18.9 Å². The Hall–Kier alpha value is -3.25. The number of carbonyl (C=O) groups excluding carboxylic acids is 2. The van der Waals surface area contributed by atoms with Crippen molar-refractivity contribution >= 4 is 23.8 Å². The number of alkyl halides is 3. The fourth-order valence-corrected chi connectivity index (χ4v) is 2.57. The number of carboxylic acids is 2. The Balaban J connectivity index is 0.000000592. The molecule has 1 heterocycles. The lowest BCUT2D eigenvalue weighted by molar-refractivity contribution is -0.192. The number of piperidine rings is 1. The predicted molar refractivity (Wildman–Crippen MR) is 93.9 cm³/mol. The quantitative estimate of drug-likeness (QED) is 0.599. The first-order valence-electron chi connectivity index (χ1n) is 8.81. The van der Waals surface area contributed by atoms with Crippen molar-refractivity contribution in [2.45, 2.75) is 32.0 Å². The molecule has 1 aliphatic rings. The molecule has 1 fully saturated rings.